The van der Waals surface area contributed by atoms with Crippen molar-refractivity contribution in [2.45, 2.75) is 270 Å². The van der Waals surface area contributed by atoms with E-state index in [2.05, 4.69) is 26.0 Å². The highest BCUT2D eigenvalue weighted by Crippen LogP contribution is 2.43. The zero-order chi connectivity index (χ0) is 45.5. The third-order valence-corrected chi connectivity index (χ3v) is 13.1. The fraction of sp³-hybridized carbons (Fsp3) is 0.943. The van der Waals surface area contributed by atoms with Gasteiger partial charge in [-0.1, -0.05) is 231 Å². The van der Waals surface area contributed by atoms with Crippen LogP contribution in [0.25, 0.3) is 0 Å². The normalized spacial score (nSPS) is 13.6. The fourth-order valence-electron chi connectivity index (χ4n) is 7.90. The maximum Gasteiger partial charge on any atom is 0.472 e. The summed E-state index contributed by atoms with van der Waals surface area (Å²) in [7, 11) is 1.68. The van der Waals surface area contributed by atoms with Gasteiger partial charge >= 0.3 is 13.8 Å². The molecule has 0 aromatic heterocycles. The highest BCUT2D eigenvalue weighted by atomic mass is 31.2. The molecule has 2 atom stereocenters. The molecular weight excluding hydrogens is 794 g/mol. The highest BCUT2D eigenvalue weighted by Gasteiger charge is 2.26. The summed E-state index contributed by atoms with van der Waals surface area (Å²) in [6, 6.07) is 0. The van der Waals surface area contributed by atoms with Gasteiger partial charge in [0.1, 0.15) is 19.3 Å². The van der Waals surface area contributed by atoms with Gasteiger partial charge in [-0.3, -0.25) is 13.8 Å². The van der Waals surface area contributed by atoms with Crippen LogP contribution in [0.1, 0.15) is 264 Å². The molecule has 0 saturated carbocycles. The summed E-state index contributed by atoms with van der Waals surface area (Å²) < 4.78 is 35.2. The van der Waals surface area contributed by atoms with Gasteiger partial charge < -0.3 is 18.9 Å². The van der Waals surface area contributed by atoms with Crippen LogP contribution in [0.5, 0.6) is 0 Å². The van der Waals surface area contributed by atoms with Crippen LogP contribution in [0, 0.1) is 0 Å². The average Bonchev–Trinajstić information content (AvgIpc) is 3.23. The Labute approximate surface area is 386 Å². The first kappa shape index (κ1) is 61.2. The van der Waals surface area contributed by atoms with Gasteiger partial charge in [-0.05, 0) is 38.5 Å². The third kappa shape index (κ3) is 50.2. The van der Waals surface area contributed by atoms with Gasteiger partial charge in [-0.15, -0.1) is 0 Å². The largest absolute Gasteiger partial charge is 0.472 e. The lowest BCUT2D eigenvalue weighted by atomic mass is 10.0. The molecular formula is C53H107NO7P+. The predicted molar refractivity (Wildman–Crippen MR) is 266 cm³/mol. The summed E-state index contributed by atoms with van der Waals surface area (Å²) in [6.07, 6.45) is 54.0. The quantitative estimate of drug-likeness (QED) is 0.0214. The molecule has 0 amide bonds. The fourth-order valence-corrected chi connectivity index (χ4v) is 8.65. The number of allylic oxidation sites excluding steroid dienone is 2. The maximum atomic E-state index is 12.8. The van der Waals surface area contributed by atoms with E-state index in [1.54, 1.807) is 0 Å². The summed E-state index contributed by atoms with van der Waals surface area (Å²) in [5.41, 5.74) is 0. The second-order valence-corrected chi connectivity index (χ2v) is 21.1. The van der Waals surface area contributed by atoms with E-state index in [1.165, 1.54) is 212 Å². The molecule has 1 N–H and O–H groups in total. The van der Waals surface area contributed by atoms with Crippen LogP contribution in [0.2, 0.25) is 0 Å². The second kappa shape index (κ2) is 46.8. The zero-order valence-corrected chi connectivity index (χ0v) is 43.0. The molecule has 0 rings (SSSR count). The lowest BCUT2D eigenvalue weighted by Crippen LogP contribution is -2.37. The Morgan fingerprint density at radius 1 is 0.484 bits per heavy atom. The molecule has 0 aromatic rings. The van der Waals surface area contributed by atoms with E-state index in [1.807, 2.05) is 21.1 Å². The van der Waals surface area contributed by atoms with Gasteiger partial charge in [-0.2, -0.15) is 0 Å². The number of ether oxygens (including phenoxy) is 2. The number of likely N-dealkylation sites (N-methyl/N-ethyl adjacent to an activating group) is 1. The number of hydrogen-bond donors (Lipinski definition) is 1. The van der Waals surface area contributed by atoms with E-state index in [9.17, 15) is 14.3 Å². The molecule has 8 nitrogen and oxygen atoms in total. The second-order valence-electron chi connectivity index (χ2n) is 19.6. The number of phosphoric acid groups is 1. The van der Waals surface area contributed by atoms with E-state index in [0.29, 0.717) is 24.1 Å². The Bertz CT molecular complexity index is 1000. The van der Waals surface area contributed by atoms with Crippen LogP contribution in [0.15, 0.2) is 12.2 Å². The lowest BCUT2D eigenvalue weighted by molar-refractivity contribution is -0.870. The number of carbonyl (C=O) groups excluding carboxylic acids is 1. The van der Waals surface area contributed by atoms with Gasteiger partial charge in [0.25, 0.3) is 0 Å². The zero-order valence-electron chi connectivity index (χ0n) is 42.1. The monoisotopic (exact) mass is 901 g/mol. The Hall–Kier alpha value is -0.760. The SMILES string of the molecule is CCCCCCCCC/C=C\CCCCCCCCCC(=O)OC(COCCCCCCCCCCCCCCCCCCCCCCCC)COP(=O)(O)OCC[N+](C)(C)C. The number of unbranched alkanes of at least 4 members (excludes halogenated alkanes) is 35. The van der Waals surface area contributed by atoms with Crippen LogP contribution in [0.4, 0.5) is 0 Å². The molecule has 0 spiro atoms. The Morgan fingerprint density at radius 3 is 1.23 bits per heavy atom. The first-order valence-electron chi connectivity index (χ1n) is 26.9. The van der Waals surface area contributed by atoms with E-state index >= 15 is 0 Å². The van der Waals surface area contributed by atoms with E-state index < -0.39 is 13.9 Å². The minimum absolute atomic E-state index is 0.0914. The minimum atomic E-state index is -4.28. The van der Waals surface area contributed by atoms with E-state index in [4.69, 9.17) is 18.5 Å². The number of nitrogens with zero attached hydrogens (tertiary/aromatic N) is 1. The van der Waals surface area contributed by atoms with Crippen molar-refractivity contribution in [1.82, 2.24) is 0 Å². The van der Waals surface area contributed by atoms with E-state index in [0.717, 1.165) is 32.1 Å². The maximum absolute atomic E-state index is 12.8. The minimum Gasteiger partial charge on any atom is -0.457 e. The first-order chi connectivity index (χ1) is 30.1. The summed E-state index contributed by atoms with van der Waals surface area (Å²) in [5, 5.41) is 0. The number of rotatable bonds is 51. The van der Waals surface area contributed by atoms with Crippen molar-refractivity contribution >= 4 is 13.8 Å². The van der Waals surface area contributed by atoms with Gasteiger partial charge in [-0.25, -0.2) is 4.57 Å². The smallest absolute Gasteiger partial charge is 0.457 e. The van der Waals surface area contributed by atoms with Crippen molar-refractivity contribution < 1.29 is 37.3 Å². The van der Waals surface area contributed by atoms with Gasteiger partial charge in [0, 0.05) is 13.0 Å². The molecule has 0 aliphatic carbocycles. The van der Waals surface area contributed by atoms with Gasteiger partial charge in [0.15, 0.2) is 0 Å². The van der Waals surface area contributed by atoms with Crippen LogP contribution in [-0.4, -0.2) is 75.6 Å². The number of quaternary nitrogens is 1. The number of esters is 1. The average molecular weight is 901 g/mol. The number of hydrogen-bond acceptors (Lipinski definition) is 6. The summed E-state index contributed by atoms with van der Waals surface area (Å²) in [4.78, 5) is 23.0. The molecule has 0 radical (unpaired) electrons. The molecule has 0 aromatic carbocycles. The van der Waals surface area contributed by atoms with Gasteiger partial charge in [0.05, 0.1) is 34.4 Å². The van der Waals surface area contributed by atoms with E-state index in [-0.39, 0.29) is 25.8 Å². The Balaban J connectivity index is 4.07. The predicted octanol–water partition coefficient (Wildman–Crippen LogP) is 16.6. The molecule has 0 heterocycles. The molecule has 9 heteroatoms. The number of phosphoric ester groups is 1. The molecule has 0 saturated heterocycles. The van der Waals surface area contributed by atoms with Crippen LogP contribution >= 0.6 is 7.82 Å². The molecule has 0 fully saturated rings. The van der Waals surface area contributed by atoms with Crippen molar-refractivity contribution in [3.63, 3.8) is 0 Å². The Kier molecular flexibility index (Phi) is 46.2. The molecule has 2 unspecified atom stereocenters. The first-order valence-corrected chi connectivity index (χ1v) is 28.4. The number of carbonyl (C=O) groups is 1. The standard InChI is InChI=1S/C53H106NO7P/c1-6-8-10-12-14-16-18-20-22-24-26-27-28-29-31-33-35-37-39-41-43-45-48-58-50-52(51-60-62(56,57)59-49-47-54(3,4)5)61-53(55)46-44-42-40-38-36-34-32-30-25-23-21-19-17-15-13-11-9-7-2/h23,25,52H,6-22,24,26-51H2,1-5H3/p+1/b25-23-. The van der Waals surface area contributed by atoms with Crippen LogP contribution in [0.3, 0.4) is 0 Å². The molecule has 370 valence electrons. The Morgan fingerprint density at radius 2 is 0.839 bits per heavy atom. The van der Waals surface area contributed by atoms with Gasteiger partial charge in [0.2, 0.25) is 0 Å². The van der Waals surface area contributed by atoms with Crippen molar-refractivity contribution in [1.29, 1.82) is 0 Å². The van der Waals surface area contributed by atoms with Crippen molar-refractivity contribution in [3.05, 3.63) is 12.2 Å². The molecule has 0 bridgehead atoms. The van der Waals surface area contributed by atoms with Crippen molar-refractivity contribution in [3.8, 4) is 0 Å². The molecule has 0 aliphatic rings. The summed E-state index contributed by atoms with van der Waals surface area (Å²) >= 11 is 0. The van der Waals surface area contributed by atoms with Crippen LogP contribution < -0.4 is 0 Å². The highest BCUT2D eigenvalue weighted by molar-refractivity contribution is 7.47. The van der Waals surface area contributed by atoms with Crippen molar-refractivity contribution in [2.24, 2.45) is 0 Å². The lowest BCUT2D eigenvalue weighted by Gasteiger charge is -2.24. The topological polar surface area (TPSA) is 91.3 Å². The summed E-state index contributed by atoms with van der Waals surface area (Å²) in [6.45, 7) is 5.68. The van der Waals surface area contributed by atoms with Crippen LogP contribution in [-0.2, 0) is 27.9 Å². The third-order valence-electron chi connectivity index (χ3n) is 12.1. The molecule has 62 heavy (non-hydrogen) atoms. The molecule has 0 aliphatic heterocycles. The van der Waals surface area contributed by atoms with Crippen molar-refractivity contribution in [2.75, 3.05) is 54.1 Å². The summed E-state index contributed by atoms with van der Waals surface area (Å²) in [5.74, 6) is -0.312.